The minimum atomic E-state index is -1.01. The molecule has 22 heavy (non-hydrogen) atoms. The average Bonchev–Trinajstić information content (AvgIpc) is 2.52. The first-order valence-corrected chi connectivity index (χ1v) is 7.68. The topological polar surface area (TPSA) is 66.4 Å². The summed E-state index contributed by atoms with van der Waals surface area (Å²) >= 11 is 0.819. The highest BCUT2D eigenvalue weighted by Gasteiger charge is 2.22. The summed E-state index contributed by atoms with van der Waals surface area (Å²) in [5, 5.41) is 11.3. The van der Waals surface area contributed by atoms with Crippen LogP contribution in [0.4, 0.5) is 5.69 Å². The van der Waals surface area contributed by atoms with Gasteiger partial charge in [0.2, 0.25) is 0 Å². The maximum Gasteiger partial charge on any atom is 0.321 e. The van der Waals surface area contributed by atoms with E-state index in [4.69, 9.17) is 0 Å². The number of thioether (sulfide) groups is 1. The zero-order chi connectivity index (χ0) is 16.1. The van der Waals surface area contributed by atoms with Crippen LogP contribution in [0.3, 0.4) is 0 Å². The van der Waals surface area contributed by atoms with Crippen molar-refractivity contribution >= 4 is 28.5 Å². The lowest BCUT2D eigenvalue weighted by Crippen LogP contribution is -2.09. The predicted octanol–water partition coefficient (Wildman–Crippen LogP) is 3.80. The van der Waals surface area contributed by atoms with E-state index in [-0.39, 0.29) is 5.12 Å². The van der Waals surface area contributed by atoms with Gasteiger partial charge in [-0.3, -0.25) is 9.59 Å². The van der Waals surface area contributed by atoms with E-state index in [1.807, 2.05) is 43.4 Å². The number of carboxylic acid groups (broad SMARTS) is 1. The Bertz CT molecular complexity index is 683. The maximum absolute atomic E-state index is 11.3. The first kappa shape index (κ1) is 16.1. The zero-order valence-electron chi connectivity index (χ0n) is 12.4. The van der Waals surface area contributed by atoms with Crippen LogP contribution in [0.2, 0.25) is 0 Å². The number of hydrogen-bond donors (Lipinski definition) is 2. The van der Waals surface area contributed by atoms with Crippen molar-refractivity contribution in [2.45, 2.75) is 12.2 Å². The van der Waals surface area contributed by atoms with Crippen molar-refractivity contribution in [3.8, 4) is 11.1 Å². The number of rotatable bonds is 5. The van der Waals surface area contributed by atoms with Gasteiger partial charge < -0.3 is 10.4 Å². The summed E-state index contributed by atoms with van der Waals surface area (Å²) in [5.74, 6) is -1.01. The van der Waals surface area contributed by atoms with Crippen LogP contribution in [-0.4, -0.2) is 23.2 Å². The molecule has 0 radical (unpaired) electrons. The van der Waals surface area contributed by atoms with Crippen LogP contribution < -0.4 is 5.32 Å². The highest BCUT2D eigenvalue weighted by molar-refractivity contribution is 8.14. The maximum atomic E-state index is 11.3. The molecule has 0 amide bonds. The summed E-state index contributed by atoms with van der Waals surface area (Å²) in [6.07, 6.45) is 0. The Kier molecular flexibility index (Phi) is 5.22. The monoisotopic (exact) mass is 315 g/mol. The van der Waals surface area contributed by atoms with Crippen LogP contribution in [0.15, 0.2) is 48.5 Å². The average molecular weight is 315 g/mol. The fourth-order valence-electron chi connectivity index (χ4n) is 2.22. The number of carbonyl (C=O) groups excluding carboxylic acids is 1. The Balaban J connectivity index is 2.33. The number of aliphatic carboxylic acids is 1. The quantitative estimate of drug-likeness (QED) is 0.878. The van der Waals surface area contributed by atoms with Crippen molar-refractivity contribution in [2.24, 2.45) is 0 Å². The van der Waals surface area contributed by atoms with Crippen LogP contribution in [0.5, 0.6) is 0 Å². The smallest absolute Gasteiger partial charge is 0.321 e. The van der Waals surface area contributed by atoms with E-state index in [1.54, 1.807) is 12.1 Å². The molecule has 2 rings (SSSR count). The van der Waals surface area contributed by atoms with Gasteiger partial charge in [0.1, 0.15) is 5.25 Å². The first-order valence-electron chi connectivity index (χ1n) is 6.80. The van der Waals surface area contributed by atoms with E-state index in [2.05, 4.69) is 5.32 Å². The molecule has 0 bridgehead atoms. The summed E-state index contributed by atoms with van der Waals surface area (Å²) in [6.45, 7) is 1.37. The van der Waals surface area contributed by atoms with Gasteiger partial charge in [-0.25, -0.2) is 0 Å². The van der Waals surface area contributed by atoms with E-state index < -0.39 is 11.2 Å². The number of para-hydroxylation sites is 1. The summed E-state index contributed by atoms with van der Waals surface area (Å²) in [6, 6.07) is 15.2. The minimum Gasteiger partial charge on any atom is -0.480 e. The van der Waals surface area contributed by atoms with E-state index in [9.17, 15) is 14.7 Å². The van der Waals surface area contributed by atoms with Crippen LogP contribution in [0.25, 0.3) is 11.1 Å². The second-order valence-electron chi connectivity index (χ2n) is 4.75. The molecule has 1 atom stereocenters. The van der Waals surface area contributed by atoms with Crippen molar-refractivity contribution in [1.82, 2.24) is 0 Å². The van der Waals surface area contributed by atoms with Gasteiger partial charge >= 0.3 is 5.97 Å². The van der Waals surface area contributed by atoms with Crippen molar-refractivity contribution in [2.75, 3.05) is 12.4 Å². The molecule has 2 aromatic carbocycles. The Morgan fingerprint density at radius 3 is 2.27 bits per heavy atom. The predicted molar refractivity (Wildman–Crippen MR) is 90.1 cm³/mol. The molecule has 0 aliphatic carbocycles. The molecular formula is C17H17NO3S. The summed E-state index contributed by atoms with van der Waals surface area (Å²) < 4.78 is 0. The number of carbonyl (C=O) groups is 2. The molecule has 1 unspecified atom stereocenters. The van der Waals surface area contributed by atoms with Crippen LogP contribution in [-0.2, 0) is 9.59 Å². The standard InChI is InChI=1S/C17H17NO3S/c1-11(19)22-16(17(20)21)13-9-7-12(8-10-13)14-5-3-4-6-15(14)18-2/h3-10,16,18H,1-2H3,(H,20,21). The number of carboxylic acids is 1. The van der Waals surface area contributed by atoms with E-state index in [1.165, 1.54) is 6.92 Å². The van der Waals surface area contributed by atoms with Gasteiger partial charge in [0.25, 0.3) is 0 Å². The molecule has 0 aliphatic rings. The van der Waals surface area contributed by atoms with Crippen molar-refractivity contribution < 1.29 is 14.7 Å². The van der Waals surface area contributed by atoms with E-state index in [0.717, 1.165) is 28.6 Å². The Labute approximate surface area is 133 Å². The minimum absolute atomic E-state index is 0.211. The molecule has 0 aromatic heterocycles. The fraction of sp³-hybridized carbons (Fsp3) is 0.176. The van der Waals surface area contributed by atoms with Crippen molar-refractivity contribution in [3.63, 3.8) is 0 Å². The van der Waals surface area contributed by atoms with Gasteiger partial charge in [-0.1, -0.05) is 54.2 Å². The van der Waals surface area contributed by atoms with Gasteiger partial charge in [0, 0.05) is 25.2 Å². The van der Waals surface area contributed by atoms with Crippen LogP contribution >= 0.6 is 11.8 Å². The number of hydrogen-bond acceptors (Lipinski definition) is 4. The molecule has 0 heterocycles. The molecule has 114 valence electrons. The lowest BCUT2D eigenvalue weighted by Gasteiger charge is -2.13. The van der Waals surface area contributed by atoms with Gasteiger partial charge in [-0.2, -0.15) is 0 Å². The Morgan fingerprint density at radius 1 is 1.09 bits per heavy atom. The molecule has 4 nitrogen and oxygen atoms in total. The normalized spacial score (nSPS) is 11.7. The van der Waals surface area contributed by atoms with E-state index >= 15 is 0 Å². The molecule has 0 aliphatic heterocycles. The third-order valence-electron chi connectivity index (χ3n) is 3.23. The largest absolute Gasteiger partial charge is 0.480 e. The van der Waals surface area contributed by atoms with Gasteiger partial charge in [0.05, 0.1) is 0 Å². The summed E-state index contributed by atoms with van der Waals surface area (Å²) in [4.78, 5) is 22.5. The molecule has 5 heteroatoms. The molecule has 0 spiro atoms. The second-order valence-corrected chi connectivity index (χ2v) is 6.03. The SMILES string of the molecule is CNc1ccccc1-c1ccc(C(SC(C)=O)C(=O)O)cc1. The zero-order valence-corrected chi connectivity index (χ0v) is 13.2. The molecule has 2 aromatic rings. The molecule has 0 saturated heterocycles. The summed E-state index contributed by atoms with van der Waals surface area (Å²) in [5.41, 5.74) is 3.65. The number of anilines is 1. The van der Waals surface area contributed by atoms with Crippen LogP contribution in [0, 0.1) is 0 Å². The second kappa shape index (κ2) is 7.13. The molecular weight excluding hydrogens is 298 g/mol. The Morgan fingerprint density at radius 2 is 1.73 bits per heavy atom. The lowest BCUT2D eigenvalue weighted by atomic mass is 10.0. The lowest BCUT2D eigenvalue weighted by molar-refractivity contribution is -0.136. The van der Waals surface area contributed by atoms with Crippen molar-refractivity contribution in [3.05, 3.63) is 54.1 Å². The molecule has 2 N–H and O–H groups in total. The highest BCUT2D eigenvalue weighted by Crippen LogP contribution is 2.33. The van der Waals surface area contributed by atoms with E-state index in [0.29, 0.717) is 5.56 Å². The van der Waals surface area contributed by atoms with Crippen LogP contribution in [0.1, 0.15) is 17.7 Å². The number of nitrogens with one attached hydrogen (secondary N) is 1. The highest BCUT2D eigenvalue weighted by atomic mass is 32.2. The summed E-state index contributed by atoms with van der Waals surface area (Å²) in [7, 11) is 1.86. The molecule has 0 fully saturated rings. The fourth-order valence-corrected chi connectivity index (χ4v) is 2.94. The molecule has 0 saturated carbocycles. The van der Waals surface area contributed by atoms with Gasteiger partial charge in [0.15, 0.2) is 5.12 Å². The number of benzene rings is 2. The first-order chi connectivity index (χ1) is 10.5. The van der Waals surface area contributed by atoms with Gasteiger partial charge in [-0.05, 0) is 17.2 Å². The Hall–Kier alpha value is -2.27. The van der Waals surface area contributed by atoms with Gasteiger partial charge in [-0.15, -0.1) is 0 Å². The third kappa shape index (κ3) is 3.68. The third-order valence-corrected chi connectivity index (χ3v) is 4.27. The van der Waals surface area contributed by atoms with Crippen molar-refractivity contribution in [1.29, 1.82) is 0 Å².